The molecule has 0 aliphatic heterocycles. The molecule has 0 radical (unpaired) electrons. The molecular formula is C8H18N2O. The summed E-state index contributed by atoms with van der Waals surface area (Å²) in [6, 6.07) is 0. The predicted molar refractivity (Wildman–Crippen MR) is 47.8 cm³/mol. The van der Waals surface area contributed by atoms with Gasteiger partial charge in [0.2, 0.25) is 0 Å². The van der Waals surface area contributed by atoms with E-state index in [2.05, 4.69) is 31.2 Å². The summed E-state index contributed by atoms with van der Waals surface area (Å²) in [4.78, 5) is 4.95. The van der Waals surface area contributed by atoms with Crippen LogP contribution in [-0.2, 0) is 4.84 Å². The van der Waals surface area contributed by atoms with E-state index in [-0.39, 0.29) is 0 Å². The van der Waals surface area contributed by atoms with E-state index in [1.54, 1.807) is 6.21 Å². The summed E-state index contributed by atoms with van der Waals surface area (Å²) in [5.74, 6) is 0.467. The van der Waals surface area contributed by atoms with Crippen LogP contribution in [0.2, 0.25) is 0 Å². The predicted octanol–water partition coefficient (Wildman–Crippen LogP) is 1.25. The SMILES string of the molecule is CCNCCO/N=C/C(C)C. The van der Waals surface area contributed by atoms with Crippen molar-refractivity contribution in [3.05, 3.63) is 0 Å². The maximum Gasteiger partial charge on any atom is 0.129 e. The number of oxime groups is 1. The van der Waals surface area contributed by atoms with Crippen molar-refractivity contribution in [1.29, 1.82) is 0 Å². The molecule has 0 bridgehead atoms. The van der Waals surface area contributed by atoms with E-state index in [0.29, 0.717) is 12.5 Å². The smallest absolute Gasteiger partial charge is 0.129 e. The van der Waals surface area contributed by atoms with Crippen LogP contribution in [0.4, 0.5) is 0 Å². The van der Waals surface area contributed by atoms with Gasteiger partial charge in [0.15, 0.2) is 0 Å². The van der Waals surface area contributed by atoms with Crippen LogP contribution in [0.25, 0.3) is 0 Å². The third-order valence-corrected chi connectivity index (χ3v) is 1.05. The molecule has 66 valence electrons. The van der Waals surface area contributed by atoms with Crippen LogP contribution in [0.15, 0.2) is 5.16 Å². The molecule has 0 unspecified atom stereocenters. The van der Waals surface area contributed by atoms with E-state index >= 15 is 0 Å². The van der Waals surface area contributed by atoms with Crippen molar-refractivity contribution in [2.45, 2.75) is 20.8 Å². The van der Waals surface area contributed by atoms with Gasteiger partial charge in [-0.1, -0.05) is 25.9 Å². The van der Waals surface area contributed by atoms with Gasteiger partial charge in [0.05, 0.1) is 0 Å². The molecule has 0 fully saturated rings. The molecule has 0 rings (SSSR count). The average molecular weight is 158 g/mol. The zero-order chi connectivity index (χ0) is 8.53. The van der Waals surface area contributed by atoms with Gasteiger partial charge in [0.1, 0.15) is 6.61 Å². The molecule has 1 N–H and O–H groups in total. The van der Waals surface area contributed by atoms with Gasteiger partial charge in [0.25, 0.3) is 0 Å². The summed E-state index contributed by atoms with van der Waals surface area (Å²) in [6.07, 6.45) is 1.80. The van der Waals surface area contributed by atoms with Crippen molar-refractivity contribution in [3.8, 4) is 0 Å². The first-order valence-corrected chi connectivity index (χ1v) is 4.13. The minimum absolute atomic E-state index is 0.467. The van der Waals surface area contributed by atoms with Crippen LogP contribution in [0.5, 0.6) is 0 Å². The molecule has 3 nitrogen and oxygen atoms in total. The Kier molecular flexibility index (Phi) is 7.15. The summed E-state index contributed by atoms with van der Waals surface area (Å²) in [5, 5.41) is 6.92. The highest BCUT2D eigenvalue weighted by Gasteiger charge is 1.85. The van der Waals surface area contributed by atoms with Crippen molar-refractivity contribution in [2.24, 2.45) is 11.1 Å². The molecule has 0 aromatic heterocycles. The fourth-order valence-electron chi connectivity index (χ4n) is 0.512. The van der Waals surface area contributed by atoms with Crippen molar-refractivity contribution in [1.82, 2.24) is 5.32 Å². The molecule has 11 heavy (non-hydrogen) atoms. The third-order valence-electron chi connectivity index (χ3n) is 1.05. The molecule has 0 saturated heterocycles. The number of hydrogen-bond acceptors (Lipinski definition) is 3. The molecule has 0 aromatic rings. The normalized spacial score (nSPS) is 11.3. The molecule has 0 heterocycles. The van der Waals surface area contributed by atoms with E-state index in [9.17, 15) is 0 Å². The summed E-state index contributed by atoms with van der Waals surface area (Å²) in [5.41, 5.74) is 0. The Balaban J connectivity index is 3.01. The van der Waals surface area contributed by atoms with Crippen LogP contribution >= 0.6 is 0 Å². The van der Waals surface area contributed by atoms with E-state index < -0.39 is 0 Å². The summed E-state index contributed by atoms with van der Waals surface area (Å²) in [7, 11) is 0. The standard InChI is InChI=1S/C8H18N2O/c1-4-9-5-6-11-10-7-8(2)3/h7-9H,4-6H2,1-3H3/b10-7+. The van der Waals surface area contributed by atoms with Gasteiger partial charge >= 0.3 is 0 Å². The van der Waals surface area contributed by atoms with Crippen molar-refractivity contribution in [2.75, 3.05) is 19.7 Å². The van der Waals surface area contributed by atoms with E-state index in [4.69, 9.17) is 4.84 Å². The van der Waals surface area contributed by atoms with Crippen molar-refractivity contribution in [3.63, 3.8) is 0 Å². The largest absolute Gasteiger partial charge is 0.395 e. The van der Waals surface area contributed by atoms with Crippen LogP contribution in [0.3, 0.4) is 0 Å². The second-order valence-corrected chi connectivity index (χ2v) is 2.69. The summed E-state index contributed by atoms with van der Waals surface area (Å²) in [6.45, 7) is 8.70. The van der Waals surface area contributed by atoms with Gasteiger partial charge in [-0.25, -0.2) is 0 Å². The third kappa shape index (κ3) is 9.43. The highest BCUT2D eigenvalue weighted by Crippen LogP contribution is 1.85. The van der Waals surface area contributed by atoms with Crippen LogP contribution in [-0.4, -0.2) is 25.9 Å². The second kappa shape index (κ2) is 7.54. The Labute approximate surface area is 68.8 Å². The minimum atomic E-state index is 0.467. The van der Waals surface area contributed by atoms with Crippen LogP contribution in [0, 0.1) is 5.92 Å². The van der Waals surface area contributed by atoms with Gasteiger partial charge < -0.3 is 10.2 Å². The maximum absolute atomic E-state index is 4.95. The first-order valence-electron chi connectivity index (χ1n) is 4.13. The van der Waals surface area contributed by atoms with Gasteiger partial charge in [-0.3, -0.25) is 0 Å². The summed E-state index contributed by atoms with van der Waals surface area (Å²) >= 11 is 0. The molecule has 0 aromatic carbocycles. The quantitative estimate of drug-likeness (QED) is 0.358. The molecular weight excluding hydrogens is 140 g/mol. The number of nitrogens with zero attached hydrogens (tertiary/aromatic N) is 1. The van der Waals surface area contributed by atoms with Gasteiger partial charge in [-0.15, -0.1) is 0 Å². The molecule has 0 spiro atoms. The lowest BCUT2D eigenvalue weighted by molar-refractivity contribution is 0.147. The average Bonchev–Trinajstić information content (AvgIpc) is 1.96. The van der Waals surface area contributed by atoms with Gasteiger partial charge in [-0.2, -0.15) is 0 Å². The van der Waals surface area contributed by atoms with Crippen LogP contribution in [0.1, 0.15) is 20.8 Å². The topological polar surface area (TPSA) is 33.6 Å². The van der Waals surface area contributed by atoms with E-state index in [0.717, 1.165) is 13.1 Å². The lowest BCUT2D eigenvalue weighted by Gasteiger charge is -1.99. The Morgan fingerprint density at radius 3 is 2.82 bits per heavy atom. The first kappa shape index (κ1) is 10.4. The Morgan fingerprint density at radius 1 is 1.55 bits per heavy atom. The molecule has 3 heteroatoms. The zero-order valence-corrected chi connectivity index (χ0v) is 7.63. The molecule has 0 saturated carbocycles. The van der Waals surface area contributed by atoms with E-state index in [1.165, 1.54) is 0 Å². The van der Waals surface area contributed by atoms with Crippen molar-refractivity contribution < 1.29 is 4.84 Å². The lowest BCUT2D eigenvalue weighted by Crippen LogP contribution is -2.17. The Morgan fingerprint density at radius 2 is 2.27 bits per heavy atom. The van der Waals surface area contributed by atoms with Crippen molar-refractivity contribution >= 4 is 6.21 Å². The monoisotopic (exact) mass is 158 g/mol. The van der Waals surface area contributed by atoms with Gasteiger partial charge in [0, 0.05) is 12.8 Å². The molecule has 0 aliphatic rings. The highest BCUT2D eigenvalue weighted by atomic mass is 16.6. The molecule has 0 atom stereocenters. The number of nitrogens with one attached hydrogen (secondary N) is 1. The zero-order valence-electron chi connectivity index (χ0n) is 7.63. The van der Waals surface area contributed by atoms with Crippen LogP contribution < -0.4 is 5.32 Å². The van der Waals surface area contributed by atoms with E-state index in [1.807, 2.05) is 0 Å². The Bertz CT molecular complexity index is 102. The minimum Gasteiger partial charge on any atom is -0.395 e. The highest BCUT2D eigenvalue weighted by molar-refractivity contribution is 5.58. The summed E-state index contributed by atoms with van der Waals surface area (Å²) < 4.78 is 0. The van der Waals surface area contributed by atoms with Gasteiger partial charge in [-0.05, 0) is 12.5 Å². The number of likely N-dealkylation sites (N-methyl/N-ethyl adjacent to an activating group) is 1. The maximum atomic E-state index is 4.95. The molecule has 0 aliphatic carbocycles. The second-order valence-electron chi connectivity index (χ2n) is 2.69. The first-order chi connectivity index (χ1) is 5.27. The fraction of sp³-hybridized carbons (Fsp3) is 0.875. The number of hydrogen-bond donors (Lipinski definition) is 1. The number of rotatable bonds is 6. The lowest BCUT2D eigenvalue weighted by atomic mass is 10.3. The fourth-order valence-corrected chi connectivity index (χ4v) is 0.512. The Hall–Kier alpha value is -0.570. The molecule has 0 amide bonds.